The maximum Gasteiger partial charge on any atom is 0.227 e. The number of rotatable bonds is 5. The van der Waals surface area contributed by atoms with Crippen LogP contribution >= 0.6 is 0 Å². The number of unbranched alkanes of at least 4 members (excludes halogenated alkanes) is 1. The van der Waals surface area contributed by atoms with Gasteiger partial charge in [-0.2, -0.15) is 0 Å². The molecule has 0 spiro atoms. The molecule has 4 nitrogen and oxygen atoms in total. The van der Waals surface area contributed by atoms with Gasteiger partial charge in [0.2, 0.25) is 11.8 Å². The Morgan fingerprint density at radius 2 is 2.06 bits per heavy atom. The van der Waals surface area contributed by atoms with Crippen molar-refractivity contribution in [2.24, 2.45) is 5.73 Å². The molecule has 0 saturated heterocycles. The standard InChI is InChI=1S/C14H20N2O2/c1-10-11-6-5-9-14(10,2)16(11)13(18)8-4-3-7-12(15)17/h5-6H,3-4,7-9H2,1-2H3,(H2,15,17). The zero-order valence-electron chi connectivity index (χ0n) is 11.0. The predicted molar refractivity (Wildman–Crippen MR) is 69.4 cm³/mol. The third kappa shape index (κ3) is 1.96. The summed E-state index contributed by atoms with van der Waals surface area (Å²) in [5.41, 5.74) is 7.32. The van der Waals surface area contributed by atoms with E-state index < -0.39 is 0 Å². The van der Waals surface area contributed by atoms with Crippen molar-refractivity contribution >= 4 is 11.8 Å². The molecule has 2 aliphatic heterocycles. The molecule has 2 heterocycles. The Hall–Kier alpha value is -1.58. The van der Waals surface area contributed by atoms with Crippen LogP contribution in [0.25, 0.3) is 0 Å². The Balaban J connectivity index is 1.89. The van der Waals surface area contributed by atoms with Gasteiger partial charge in [-0.15, -0.1) is 0 Å². The van der Waals surface area contributed by atoms with Crippen LogP contribution in [0.5, 0.6) is 0 Å². The van der Waals surface area contributed by atoms with Crippen LogP contribution in [-0.2, 0) is 9.59 Å². The minimum absolute atomic E-state index is 0.106. The van der Waals surface area contributed by atoms with Crippen molar-refractivity contribution < 1.29 is 9.59 Å². The lowest BCUT2D eigenvalue weighted by Crippen LogP contribution is -2.59. The van der Waals surface area contributed by atoms with Gasteiger partial charge in [0.25, 0.3) is 0 Å². The molecule has 0 aromatic rings. The first kappa shape index (κ1) is 12.9. The second-order valence-electron chi connectivity index (χ2n) is 5.29. The van der Waals surface area contributed by atoms with E-state index in [0.29, 0.717) is 19.3 Å². The summed E-state index contributed by atoms with van der Waals surface area (Å²) in [5.74, 6) is -0.136. The largest absolute Gasteiger partial charge is 0.370 e. The van der Waals surface area contributed by atoms with Crippen molar-refractivity contribution in [1.82, 2.24) is 4.90 Å². The van der Waals surface area contributed by atoms with Gasteiger partial charge in [-0.05, 0) is 44.8 Å². The number of carbonyl (C=O) groups excluding carboxylic acids is 2. The van der Waals surface area contributed by atoms with Gasteiger partial charge >= 0.3 is 0 Å². The lowest BCUT2D eigenvalue weighted by molar-refractivity contribution is -0.135. The number of hydrogen-bond acceptors (Lipinski definition) is 2. The van der Waals surface area contributed by atoms with E-state index in [1.165, 1.54) is 5.57 Å². The Bertz CT molecular complexity index is 451. The maximum atomic E-state index is 12.2. The smallest absolute Gasteiger partial charge is 0.227 e. The summed E-state index contributed by atoms with van der Waals surface area (Å²) in [5, 5.41) is 0. The molecule has 0 aromatic heterocycles. The fraction of sp³-hybridized carbons (Fsp3) is 0.571. The number of hydrogen-bond donors (Lipinski definition) is 1. The first-order chi connectivity index (χ1) is 8.47. The van der Waals surface area contributed by atoms with E-state index in [9.17, 15) is 9.59 Å². The molecule has 1 atom stereocenters. The Morgan fingerprint density at radius 1 is 1.39 bits per heavy atom. The summed E-state index contributed by atoms with van der Waals surface area (Å²) in [7, 11) is 0. The number of primary amides is 1. The number of nitrogens with zero attached hydrogens (tertiary/aromatic N) is 1. The average molecular weight is 248 g/mol. The fourth-order valence-electron chi connectivity index (χ4n) is 2.76. The van der Waals surface area contributed by atoms with Crippen LogP contribution < -0.4 is 5.73 Å². The minimum Gasteiger partial charge on any atom is -0.370 e. The molecule has 4 heteroatoms. The molecule has 0 fully saturated rings. The van der Waals surface area contributed by atoms with Crippen molar-refractivity contribution in [1.29, 1.82) is 0 Å². The topological polar surface area (TPSA) is 63.4 Å². The van der Waals surface area contributed by atoms with E-state index in [-0.39, 0.29) is 17.4 Å². The zero-order chi connectivity index (χ0) is 13.3. The van der Waals surface area contributed by atoms with Crippen molar-refractivity contribution in [2.75, 3.05) is 0 Å². The summed E-state index contributed by atoms with van der Waals surface area (Å²) in [6, 6.07) is 0. The van der Waals surface area contributed by atoms with Crippen LogP contribution in [0.15, 0.2) is 23.4 Å². The van der Waals surface area contributed by atoms with Crippen molar-refractivity contribution in [3.05, 3.63) is 23.4 Å². The summed E-state index contributed by atoms with van der Waals surface area (Å²) >= 11 is 0. The SMILES string of the molecule is CC1=C2C=CCC1(C)N2C(=O)CCCCC(N)=O. The second kappa shape index (κ2) is 4.59. The third-order valence-corrected chi connectivity index (χ3v) is 4.03. The van der Waals surface area contributed by atoms with Gasteiger partial charge in [0.05, 0.1) is 5.54 Å². The molecular weight excluding hydrogens is 228 g/mol. The van der Waals surface area contributed by atoms with Gasteiger partial charge in [0.15, 0.2) is 0 Å². The molecule has 18 heavy (non-hydrogen) atoms. The Labute approximate surface area is 108 Å². The van der Waals surface area contributed by atoms with E-state index in [1.54, 1.807) is 0 Å². The maximum absolute atomic E-state index is 12.2. The monoisotopic (exact) mass is 248 g/mol. The van der Waals surface area contributed by atoms with Gasteiger partial charge < -0.3 is 10.6 Å². The van der Waals surface area contributed by atoms with Crippen molar-refractivity contribution in [3.8, 4) is 0 Å². The van der Waals surface area contributed by atoms with Gasteiger partial charge in [-0.1, -0.05) is 6.08 Å². The molecule has 98 valence electrons. The average Bonchev–Trinajstić information content (AvgIpc) is 2.33. The first-order valence-corrected chi connectivity index (χ1v) is 6.46. The van der Waals surface area contributed by atoms with E-state index in [0.717, 1.165) is 18.5 Å². The molecule has 0 saturated carbocycles. The highest BCUT2D eigenvalue weighted by Crippen LogP contribution is 2.47. The van der Waals surface area contributed by atoms with E-state index in [1.807, 2.05) is 11.0 Å². The first-order valence-electron chi connectivity index (χ1n) is 6.46. The van der Waals surface area contributed by atoms with Crippen molar-refractivity contribution in [3.63, 3.8) is 0 Å². The third-order valence-electron chi connectivity index (χ3n) is 4.03. The van der Waals surface area contributed by atoms with E-state index in [4.69, 9.17) is 5.73 Å². The molecule has 3 aliphatic rings. The summed E-state index contributed by atoms with van der Waals surface area (Å²) in [4.78, 5) is 24.7. The molecule has 1 aliphatic carbocycles. The molecule has 3 rings (SSSR count). The van der Waals surface area contributed by atoms with Gasteiger partial charge in [0.1, 0.15) is 0 Å². The van der Waals surface area contributed by atoms with Crippen LogP contribution in [0.4, 0.5) is 0 Å². The van der Waals surface area contributed by atoms with Crippen LogP contribution in [0.3, 0.4) is 0 Å². The normalized spacial score (nSPS) is 25.1. The second-order valence-corrected chi connectivity index (χ2v) is 5.29. The lowest BCUT2D eigenvalue weighted by atomic mass is 9.74. The highest BCUT2D eigenvalue weighted by molar-refractivity contribution is 5.83. The highest BCUT2D eigenvalue weighted by atomic mass is 16.2. The number of carbonyl (C=O) groups is 2. The van der Waals surface area contributed by atoms with Crippen LogP contribution in [0, 0.1) is 0 Å². The highest BCUT2D eigenvalue weighted by Gasteiger charge is 2.48. The van der Waals surface area contributed by atoms with Crippen LogP contribution in [0.1, 0.15) is 46.0 Å². The quantitative estimate of drug-likeness (QED) is 0.755. The van der Waals surface area contributed by atoms with Crippen molar-refractivity contribution in [2.45, 2.75) is 51.5 Å². The number of fused-ring (bicyclic) bond motifs is 1. The van der Waals surface area contributed by atoms with Crippen LogP contribution in [-0.4, -0.2) is 22.3 Å². The summed E-state index contributed by atoms with van der Waals surface area (Å²) in [6.07, 6.45) is 7.33. The summed E-state index contributed by atoms with van der Waals surface area (Å²) < 4.78 is 0. The van der Waals surface area contributed by atoms with E-state index >= 15 is 0 Å². The van der Waals surface area contributed by atoms with Gasteiger partial charge in [-0.3, -0.25) is 9.59 Å². The zero-order valence-corrected chi connectivity index (χ0v) is 11.0. The summed E-state index contributed by atoms with van der Waals surface area (Å²) in [6.45, 7) is 4.20. The molecule has 2 bridgehead atoms. The molecular formula is C14H20N2O2. The molecule has 2 amide bonds. The number of amides is 2. The fourth-order valence-corrected chi connectivity index (χ4v) is 2.76. The van der Waals surface area contributed by atoms with E-state index in [2.05, 4.69) is 19.9 Å². The van der Waals surface area contributed by atoms with Gasteiger partial charge in [-0.25, -0.2) is 0 Å². The lowest BCUT2D eigenvalue weighted by Gasteiger charge is -2.54. The van der Waals surface area contributed by atoms with Crippen LogP contribution in [0.2, 0.25) is 0 Å². The minimum atomic E-state index is -0.295. The van der Waals surface area contributed by atoms with Gasteiger partial charge in [0, 0.05) is 18.5 Å². The molecule has 1 unspecified atom stereocenters. The predicted octanol–water partition coefficient (Wildman–Crippen LogP) is 1.87. The molecule has 0 aromatic carbocycles. The number of allylic oxidation sites excluding steroid dienone is 1. The Kier molecular flexibility index (Phi) is 3.28. The number of nitrogens with two attached hydrogens (primary N) is 1. The molecule has 0 radical (unpaired) electrons. The molecule has 2 N–H and O–H groups in total. The Morgan fingerprint density at radius 3 is 2.61 bits per heavy atom.